The molecule has 0 heterocycles. The number of rotatable bonds is 13. The molecule has 0 aliphatic carbocycles. The molecule has 0 spiro atoms. The molecule has 15 heteroatoms. The zero-order valence-electron chi connectivity index (χ0n) is 22.2. The summed E-state index contributed by atoms with van der Waals surface area (Å²) >= 11 is 0.842. The van der Waals surface area contributed by atoms with E-state index in [1.54, 1.807) is 24.3 Å². The number of nitro groups is 1. The number of ether oxygens (including phenoxy) is 1. The molecule has 0 radical (unpaired) electrons. The number of anilines is 1. The number of hydrogen-bond donors (Lipinski definition) is 4. The maximum atomic E-state index is 10.7. The van der Waals surface area contributed by atoms with Gasteiger partial charge >= 0.3 is 5.97 Å². The van der Waals surface area contributed by atoms with Crippen LogP contribution in [0.3, 0.4) is 0 Å². The zero-order valence-corrected chi connectivity index (χ0v) is 24.0. The standard InChI is InChI=1S/C11H17N3O2.C10H13N3O5S.C2H6.H2S/c1-9-3-5-10(6-4-9)15-7-2-8-16-14-11(12)13;1-7-3-4-8(13(16)17)5-9(7)12(2)19-18-11-6-10(14)15;1-2;/h3-6H,2,7-8H2,1H3,(H4,12,13,14);3-5,11H,6H2,1-2H3,(H,14,15);1-2H3;1H2. The van der Waals surface area contributed by atoms with Gasteiger partial charge in [0.15, 0.2) is 0 Å². The van der Waals surface area contributed by atoms with E-state index in [2.05, 4.69) is 10.6 Å². The SMILES string of the molecule is CC.Cc1ccc(OCCCON=C(N)N)cc1.Cc1ccc([N+](=O)[O-])cc1N(C)SONCC(=O)O.S. The van der Waals surface area contributed by atoms with Gasteiger partial charge < -0.3 is 26.1 Å². The normalized spacial score (nSPS) is 9.29. The highest BCUT2D eigenvalue weighted by Crippen LogP contribution is 2.28. The van der Waals surface area contributed by atoms with Crippen LogP contribution >= 0.6 is 25.7 Å². The molecule has 0 aliphatic heterocycles. The molecule has 6 N–H and O–H groups in total. The second-order valence-electron chi connectivity index (χ2n) is 6.96. The molecule has 2 aromatic rings. The molecule has 0 fully saturated rings. The van der Waals surface area contributed by atoms with Crippen LogP contribution < -0.4 is 26.0 Å². The van der Waals surface area contributed by atoms with Crippen LogP contribution in [-0.2, 0) is 13.9 Å². The predicted molar refractivity (Wildman–Crippen MR) is 155 cm³/mol. The van der Waals surface area contributed by atoms with Gasteiger partial charge in [0.25, 0.3) is 5.69 Å². The number of aliphatic carboxylic acids is 1. The molecular formula is C23H38N6O7S2. The second-order valence-corrected chi connectivity index (χ2v) is 7.83. The maximum Gasteiger partial charge on any atom is 0.319 e. The van der Waals surface area contributed by atoms with Crippen molar-refractivity contribution in [1.82, 2.24) is 5.48 Å². The summed E-state index contributed by atoms with van der Waals surface area (Å²) in [6.45, 7) is 8.51. The molecule has 0 aromatic heterocycles. The Morgan fingerprint density at radius 2 is 1.79 bits per heavy atom. The number of carbonyl (C=O) groups is 1. The third-order valence-corrected chi connectivity index (χ3v) is 4.63. The van der Waals surface area contributed by atoms with E-state index >= 15 is 0 Å². The Morgan fingerprint density at radius 1 is 1.16 bits per heavy atom. The van der Waals surface area contributed by atoms with E-state index in [9.17, 15) is 14.9 Å². The average molecular weight is 575 g/mol. The van der Waals surface area contributed by atoms with E-state index < -0.39 is 10.9 Å². The molecular weight excluding hydrogens is 536 g/mol. The second kappa shape index (κ2) is 21.7. The average Bonchev–Trinajstić information content (AvgIpc) is 2.86. The monoisotopic (exact) mass is 574 g/mol. The minimum absolute atomic E-state index is 0. The number of nitrogens with two attached hydrogens (primary N) is 2. The number of hydrogen-bond acceptors (Lipinski definition) is 10. The van der Waals surface area contributed by atoms with Crippen LogP contribution in [0.15, 0.2) is 47.6 Å². The summed E-state index contributed by atoms with van der Waals surface area (Å²) in [7, 11) is 1.65. The van der Waals surface area contributed by atoms with Crippen molar-refractivity contribution in [2.45, 2.75) is 34.1 Å². The predicted octanol–water partition coefficient (Wildman–Crippen LogP) is 3.62. The highest BCUT2D eigenvalue weighted by atomic mass is 32.2. The number of carboxylic acid groups (broad SMARTS) is 1. The molecule has 0 bridgehead atoms. The Morgan fingerprint density at radius 3 is 2.34 bits per heavy atom. The number of nitro benzene ring substituents is 1. The van der Waals surface area contributed by atoms with Crippen LogP contribution in [0.25, 0.3) is 0 Å². The highest BCUT2D eigenvalue weighted by molar-refractivity contribution is 7.96. The van der Waals surface area contributed by atoms with Gasteiger partial charge in [-0.1, -0.05) is 37.6 Å². The molecule has 0 saturated carbocycles. The Kier molecular flexibility index (Phi) is 21.0. The lowest BCUT2D eigenvalue weighted by atomic mass is 10.2. The van der Waals surface area contributed by atoms with Crippen molar-refractivity contribution >= 4 is 49.0 Å². The van der Waals surface area contributed by atoms with Crippen LogP contribution in [0, 0.1) is 24.0 Å². The van der Waals surface area contributed by atoms with E-state index in [1.807, 2.05) is 45.0 Å². The molecule has 13 nitrogen and oxygen atoms in total. The van der Waals surface area contributed by atoms with Gasteiger partial charge in [0, 0.05) is 25.6 Å². The van der Waals surface area contributed by atoms with Crippen LogP contribution in [0.2, 0.25) is 0 Å². The molecule has 0 amide bonds. The number of guanidine groups is 1. The first-order chi connectivity index (χ1) is 17.6. The van der Waals surface area contributed by atoms with Gasteiger partial charge in [-0.2, -0.15) is 19.0 Å². The van der Waals surface area contributed by atoms with Crippen molar-refractivity contribution in [3.63, 3.8) is 0 Å². The van der Waals surface area contributed by atoms with Gasteiger partial charge in [-0.25, -0.2) is 4.28 Å². The lowest BCUT2D eigenvalue weighted by Gasteiger charge is -2.18. The third-order valence-electron chi connectivity index (χ3n) is 4.01. The minimum Gasteiger partial charge on any atom is -0.493 e. The number of nitrogens with one attached hydrogen (secondary N) is 1. The number of benzene rings is 2. The number of non-ortho nitro benzene ring substituents is 1. The van der Waals surface area contributed by atoms with Crippen LogP contribution in [0.4, 0.5) is 11.4 Å². The fourth-order valence-corrected chi connectivity index (χ4v) is 2.83. The number of carboxylic acids is 1. The molecule has 2 rings (SSSR count). The maximum absolute atomic E-state index is 10.7. The van der Waals surface area contributed by atoms with Crippen molar-refractivity contribution in [2.24, 2.45) is 16.6 Å². The van der Waals surface area contributed by atoms with Gasteiger partial charge in [0.1, 0.15) is 31.1 Å². The summed E-state index contributed by atoms with van der Waals surface area (Å²) in [6.07, 6.45) is 0.727. The molecule has 0 saturated heterocycles. The number of oxime groups is 1. The summed E-state index contributed by atoms with van der Waals surface area (Å²) < 4.78 is 11.9. The molecule has 0 unspecified atom stereocenters. The Hall–Kier alpha value is -3.40. The fourth-order valence-electron chi connectivity index (χ4n) is 2.33. The number of hydroxylamine groups is 1. The van der Waals surface area contributed by atoms with Gasteiger partial charge in [-0.15, -0.1) is 0 Å². The van der Waals surface area contributed by atoms with Crippen LogP contribution in [0.1, 0.15) is 31.4 Å². The Labute approximate surface area is 234 Å². The number of nitrogens with zero attached hydrogens (tertiary/aromatic N) is 3. The third kappa shape index (κ3) is 17.1. The quantitative estimate of drug-likeness (QED) is 0.0518. The van der Waals surface area contributed by atoms with Crippen molar-refractivity contribution in [1.29, 1.82) is 0 Å². The van der Waals surface area contributed by atoms with Gasteiger partial charge in [-0.05, 0) is 36.7 Å². The van der Waals surface area contributed by atoms with Crippen molar-refractivity contribution < 1.29 is 28.7 Å². The molecule has 0 aliphatic rings. The summed E-state index contributed by atoms with van der Waals surface area (Å²) in [5, 5.41) is 22.5. The Bertz CT molecular complexity index is 977. The van der Waals surface area contributed by atoms with E-state index in [-0.39, 0.29) is 31.7 Å². The molecule has 2 aromatic carbocycles. The lowest BCUT2D eigenvalue weighted by molar-refractivity contribution is -0.384. The first kappa shape index (κ1) is 36.8. The zero-order chi connectivity index (χ0) is 28.2. The first-order valence-electron chi connectivity index (χ1n) is 11.3. The summed E-state index contributed by atoms with van der Waals surface area (Å²) in [4.78, 5) is 25.3. The van der Waals surface area contributed by atoms with Gasteiger partial charge in [0.2, 0.25) is 5.96 Å². The van der Waals surface area contributed by atoms with E-state index in [4.69, 9.17) is 30.4 Å². The summed E-state index contributed by atoms with van der Waals surface area (Å²) in [5.41, 5.74) is 15.0. The fraction of sp³-hybridized carbons (Fsp3) is 0.391. The van der Waals surface area contributed by atoms with E-state index in [0.29, 0.717) is 18.9 Å². The van der Waals surface area contributed by atoms with Crippen LogP contribution in [0.5, 0.6) is 5.75 Å². The highest BCUT2D eigenvalue weighted by Gasteiger charge is 2.13. The number of aryl methyl sites for hydroxylation is 2. The summed E-state index contributed by atoms with van der Waals surface area (Å²) in [6, 6.07) is 12.4. The van der Waals surface area contributed by atoms with Crippen molar-refractivity contribution in [2.75, 3.05) is 31.1 Å². The van der Waals surface area contributed by atoms with E-state index in [0.717, 1.165) is 30.0 Å². The first-order valence-corrected chi connectivity index (χ1v) is 12.0. The molecule has 0 atom stereocenters. The van der Waals surface area contributed by atoms with E-state index in [1.165, 1.54) is 17.7 Å². The summed E-state index contributed by atoms with van der Waals surface area (Å²) in [5.74, 6) is -0.262. The van der Waals surface area contributed by atoms with Gasteiger partial charge in [-0.3, -0.25) is 19.2 Å². The lowest BCUT2D eigenvalue weighted by Crippen LogP contribution is -2.23. The molecule has 214 valence electrons. The van der Waals surface area contributed by atoms with Gasteiger partial charge in [0.05, 0.1) is 17.2 Å². The topological polar surface area (TPSA) is 188 Å². The molecule has 38 heavy (non-hydrogen) atoms. The minimum atomic E-state index is -1.05. The largest absolute Gasteiger partial charge is 0.493 e. The van der Waals surface area contributed by atoms with Crippen molar-refractivity contribution in [3.8, 4) is 5.75 Å². The van der Waals surface area contributed by atoms with Crippen LogP contribution in [-0.4, -0.2) is 48.8 Å². The Balaban J connectivity index is 0. The smallest absolute Gasteiger partial charge is 0.319 e. The van der Waals surface area contributed by atoms with Crippen molar-refractivity contribution in [3.05, 3.63) is 63.7 Å².